The van der Waals surface area contributed by atoms with E-state index in [-0.39, 0.29) is 11.8 Å². The Balaban J connectivity index is 1.99. The van der Waals surface area contributed by atoms with Gasteiger partial charge in [-0.15, -0.1) is 0 Å². The summed E-state index contributed by atoms with van der Waals surface area (Å²) in [4.78, 5) is 24.7. The van der Waals surface area contributed by atoms with Crippen LogP contribution >= 0.6 is 0 Å². The molecule has 2 N–H and O–H groups in total. The maximum atomic E-state index is 12.6. The lowest BCUT2D eigenvalue weighted by Gasteiger charge is -2.11. The molecule has 0 unspecified atom stereocenters. The Morgan fingerprint density at radius 3 is 2.39 bits per heavy atom. The van der Waals surface area contributed by atoms with Gasteiger partial charge in [0.15, 0.2) is 0 Å². The van der Waals surface area contributed by atoms with Crippen molar-refractivity contribution in [2.75, 3.05) is 32.2 Å². The zero-order valence-electron chi connectivity index (χ0n) is 16.7. The van der Waals surface area contributed by atoms with Gasteiger partial charge >= 0.3 is 0 Å². The van der Waals surface area contributed by atoms with Gasteiger partial charge in [-0.3, -0.25) is 9.59 Å². The Labute approximate surface area is 166 Å². The lowest BCUT2D eigenvalue weighted by molar-refractivity contribution is 0.0936. The highest BCUT2D eigenvalue weighted by Gasteiger charge is 2.10. The Kier molecular flexibility index (Phi) is 8.49. The highest BCUT2D eigenvalue weighted by atomic mass is 16.5. The number of carbonyl (C=O) groups is 2. The summed E-state index contributed by atoms with van der Waals surface area (Å²) in [6.07, 6.45) is 0.954. The van der Waals surface area contributed by atoms with Gasteiger partial charge < -0.3 is 20.1 Å². The van der Waals surface area contributed by atoms with Gasteiger partial charge in [-0.1, -0.05) is 26.0 Å². The fraction of sp³-hybridized carbons (Fsp3) is 0.364. The minimum atomic E-state index is -0.258. The first-order valence-electron chi connectivity index (χ1n) is 9.41. The van der Waals surface area contributed by atoms with Crippen molar-refractivity contribution in [2.24, 2.45) is 5.92 Å². The Morgan fingerprint density at radius 2 is 1.68 bits per heavy atom. The van der Waals surface area contributed by atoms with Crippen LogP contribution in [0.2, 0.25) is 0 Å². The summed E-state index contributed by atoms with van der Waals surface area (Å²) in [7, 11) is 1.58. The molecule has 6 heteroatoms. The summed E-state index contributed by atoms with van der Waals surface area (Å²) in [5.74, 6) is 0.755. The number of carbonyl (C=O) groups excluding carboxylic acids is 2. The number of hydrogen-bond donors (Lipinski definition) is 2. The van der Waals surface area contributed by atoms with Gasteiger partial charge in [0.05, 0.1) is 13.2 Å². The van der Waals surface area contributed by atoms with Crippen LogP contribution in [-0.2, 0) is 4.74 Å². The van der Waals surface area contributed by atoms with E-state index in [0.717, 1.165) is 6.42 Å². The molecule has 150 valence electrons. The van der Waals surface area contributed by atoms with Crippen LogP contribution in [0.25, 0.3) is 0 Å². The minimum absolute atomic E-state index is 0.214. The van der Waals surface area contributed by atoms with Gasteiger partial charge in [-0.05, 0) is 48.7 Å². The van der Waals surface area contributed by atoms with Crippen molar-refractivity contribution >= 4 is 17.5 Å². The maximum absolute atomic E-state index is 12.6. The molecule has 2 amide bonds. The second-order valence-electron chi connectivity index (χ2n) is 6.84. The number of nitrogens with one attached hydrogen (secondary N) is 2. The van der Waals surface area contributed by atoms with Gasteiger partial charge in [0, 0.05) is 30.5 Å². The number of hydrogen-bond acceptors (Lipinski definition) is 4. The fourth-order valence-electron chi connectivity index (χ4n) is 2.45. The Hall–Kier alpha value is -2.86. The van der Waals surface area contributed by atoms with E-state index >= 15 is 0 Å². The number of amides is 2. The number of ether oxygens (including phenoxy) is 2. The van der Waals surface area contributed by atoms with Gasteiger partial charge in [0.1, 0.15) is 5.75 Å². The van der Waals surface area contributed by atoms with Crippen molar-refractivity contribution in [3.63, 3.8) is 0 Å². The topological polar surface area (TPSA) is 76.7 Å². The number of anilines is 1. The molecule has 28 heavy (non-hydrogen) atoms. The lowest BCUT2D eigenvalue weighted by Crippen LogP contribution is -2.27. The Morgan fingerprint density at radius 1 is 0.964 bits per heavy atom. The first-order valence-corrected chi connectivity index (χ1v) is 9.41. The fourth-order valence-corrected chi connectivity index (χ4v) is 2.45. The first kappa shape index (κ1) is 21.4. The van der Waals surface area contributed by atoms with Crippen molar-refractivity contribution in [1.29, 1.82) is 0 Å². The number of benzene rings is 2. The predicted molar refractivity (Wildman–Crippen MR) is 110 cm³/mol. The van der Waals surface area contributed by atoms with Gasteiger partial charge in [0.25, 0.3) is 11.8 Å². The van der Waals surface area contributed by atoms with Crippen molar-refractivity contribution in [3.8, 4) is 5.75 Å². The highest BCUT2D eigenvalue weighted by Crippen LogP contribution is 2.17. The molecule has 0 atom stereocenters. The number of rotatable bonds is 10. The monoisotopic (exact) mass is 384 g/mol. The maximum Gasteiger partial charge on any atom is 0.255 e. The van der Waals surface area contributed by atoms with E-state index in [2.05, 4.69) is 24.5 Å². The quantitative estimate of drug-likeness (QED) is 0.612. The molecule has 0 aliphatic rings. The van der Waals surface area contributed by atoms with E-state index in [1.807, 2.05) is 6.07 Å². The average Bonchev–Trinajstić information content (AvgIpc) is 2.68. The Bertz CT molecular complexity index is 790. The van der Waals surface area contributed by atoms with Crippen LogP contribution < -0.4 is 15.4 Å². The molecule has 0 aliphatic carbocycles. The van der Waals surface area contributed by atoms with Crippen LogP contribution in [0.15, 0.2) is 48.5 Å². The van der Waals surface area contributed by atoms with E-state index in [4.69, 9.17) is 9.47 Å². The molecule has 0 fully saturated rings. The van der Waals surface area contributed by atoms with E-state index in [0.29, 0.717) is 48.2 Å². The normalized spacial score (nSPS) is 10.6. The summed E-state index contributed by atoms with van der Waals surface area (Å²) < 4.78 is 10.6. The molecule has 2 aromatic rings. The molecule has 0 bridgehead atoms. The summed E-state index contributed by atoms with van der Waals surface area (Å²) >= 11 is 0. The second-order valence-corrected chi connectivity index (χ2v) is 6.84. The minimum Gasteiger partial charge on any atom is -0.494 e. The summed E-state index contributed by atoms with van der Waals surface area (Å²) in [6.45, 7) is 5.76. The predicted octanol–water partition coefficient (Wildman–Crippen LogP) is 3.74. The largest absolute Gasteiger partial charge is 0.494 e. The van der Waals surface area contributed by atoms with Gasteiger partial charge in [-0.2, -0.15) is 0 Å². The molecular weight excluding hydrogens is 356 g/mol. The highest BCUT2D eigenvalue weighted by molar-refractivity contribution is 6.05. The van der Waals surface area contributed by atoms with E-state index in [9.17, 15) is 9.59 Å². The standard InChI is InChI=1S/C22H28N2O4/c1-16(2)10-12-28-20-9-5-7-18(15-20)22(26)24-19-8-4-6-17(14-19)21(25)23-11-13-27-3/h4-9,14-16H,10-13H2,1-3H3,(H,23,25)(H,24,26). The molecule has 0 radical (unpaired) electrons. The summed E-state index contributed by atoms with van der Waals surface area (Å²) in [5, 5.41) is 5.58. The van der Waals surface area contributed by atoms with Crippen LogP contribution in [0.5, 0.6) is 5.75 Å². The molecule has 6 nitrogen and oxygen atoms in total. The molecule has 0 saturated heterocycles. The number of methoxy groups -OCH3 is 1. The van der Waals surface area contributed by atoms with Crippen molar-refractivity contribution in [1.82, 2.24) is 5.32 Å². The van der Waals surface area contributed by atoms with Gasteiger partial charge in [0.2, 0.25) is 0 Å². The van der Waals surface area contributed by atoms with Crippen LogP contribution in [0.4, 0.5) is 5.69 Å². The third-order valence-electron chi connectivity index (χ3n) is 4.03. The molecule has 2 aromatic carbocycles. The third kappa shape index (κ3) is 7.04. The third-order valence-corrected chi connectivity index (χ3v) is 4.03. The zero-order valence-corrected chi connectivity index (χ0v) is 16.7. The SMILES string of the molecule is COCCNC(=O)c1cccc(NC(=O)c2cccc(OCCC(C)C)c2)c1. The molecule has 0 heterocycles. The van der Waals surface area contributed by atoms with Crippen LogP contribution in [0.3, 0.4) is 0 Å². The second kappa shape index (κ2) is 11.1. The lowest BCUT2D eigenvalue weighted by atomic mass is 10.1. The first-order chi connectivity index (χ1) is 13.5. The molecule has 0 aromatic heterocycles. The van der Waals surface area contributed by atoms with Crippen molar-refractivity contribution in [2.45, 2.75) is 20.3 Å². The van der Waals surface area contributed by atoms with Crippen LogP contribution in [0, 0.1) is 5.92 Å². The molecule has 2 rings (SSSR count). The van der Waals surface area contributed by atoms with Crippen LogP contribution in [0.1, 0.15) is 41.0 Å². The van der Waals surface area contributed by atoms with Gasteiger partial charge in [-0.25, -0.2) is 0 Å². The smallest absolute Gasteiger partial charge is 0.255 e. The average molecular weight is 384 g/mol. The van der Waals surface area contributed by atoms with E-state index < -0.39 is 0 Å². The van der Waals surface area contributed by atoms with Crippen molar-refractivity contribution < 1.29 is 19.1 Å². The van der Waals surface area contributed by atoms with Crippen molar-refractivity contribution in [3.05, 3.63) is 59.7 Å². The van der Waals surface area contributed by atoms with Crippen LogP contribution in [-0.4, -0.2) is 38.7 Å². The summed E-state index contributed by atoms with van der Waals surface area (Å²) in [5.41, 5.74) is 1.52. The van der Waals surface area contributed by atoms with E-state index in [1.54, 1.807) is 49.6 Å². The molecule has 0 saturated carbocycles. The zero-order chi connectivity index (χ0) is 20.4. The molecule has 0 aliphatic heterocycles. The molecular formula is C22H28N2O4. The van der Waals surface area contributed by atoms with E-state index in [1.165, 1.54) is 0 Å². The molecule has 0 spiro atoms. The summed E-state index contributed by atoms with van der Waals surface area (Å²) in [6, 6.07) is 13.9.